The fourth-order valence-corrected chi connectivity index (χ4v) is 1.30. The summed E-state index contributed by atoms with van der Waals surface area (Å²) in [7, 11) is 1.49. The lowest BCUT2D eigenvalue weighted by Gasteiger charge is -2.06. The number of aromatic hydroxyl groups is 1. The Morgan fingerprint density at radius 1 is 1.62 bits per heavy atom. The van der Waals surface area contributed by atoms with Gasteiger partial charge < -0.3 is 9.84 Å². The van der Waals surface area contributed by atoms with E-state index in [2.05, 4.69) is 6.58 Å². The summed E-state index contributed by atoms with van der Waals surface area (Å²) in [6.45, 7) is 3.62. The lowest BCUT2D eigenvalue weighted by molar-refractivity contribution is 0.373. The third-order valence-corrected chi connectivity index (χ3v) is 1.98. The van der Waals surface area contributed by atoms with Crippen LogP contribution in [0.5, 0.6) is 11.5 Å². The summed E-state index contributed by atoms with van der Waals surface area (Å²) < 4.78 is 4.94. The van der Waals surface area contributed by atoms with Gasteiger partial charge in [-0.3, -0.25) is 0 Å². The number of phenolic OH excluding ortho intramolecular Hbond substituents is 1. The summed E-state index contributed by atoms with van der Waals surface area (Å²) in [5.74, 6) is 0.376. The highest BCUT2D eigenvalue weighted by Gasteiger charge is 2.07. The van der Waals surface area contributed by atoms with Crippen LogP contribution >= 0.6 is 11.6 Å². The molecule has 2 nitrogen and oxygen atoms in total. The fourth-order valence-electron chi connectivity index (χ4n) is 1.07. The molecular formula is C10H11ClO2. The van der Waals surface area contributed by atoms with E-state index in [1.165, 1.54) is 7.11 Å². The van der Waals surface area contributed by atoms with Crippen molar-refractivity contribution in [2.45, 2.75) is 6.42 Å². The number of halogens is 1. The molecule has 0 saturated heterocycles. The van der Waals surface area contributed by atoms with Gasteiger partial charge in [0.15, 0.2) is 11.5 Å². The van der Waals surface area contributed by atoms with E-state index in [0.29, 0.717) is 17.2 Å². The fraction of sp³-hybridized carbons (Fsp3) is 0.200. The van der Waals surface area contributed by atoms with Crippen LogP contribution in [-0.4, -0.2) is 12.2 Å². The van der Waals surface area contributed by atoms with Gasteiger partial charge in [-0.15, -0.1) is 6.58 Å². The molecule has 0 amide bonds. The van der Waals surface area contributed by atoms with Gasteiger partial charge in [0.05, 0.1) is 12.1 Å². The first-order valence-electron chi connectivity index (χ1n) is 3.85. The molecule has 0 radical (unpaired) electrons. The number of phenols is 1. The third-order valence-electron chi connectivity index (χ3n) is 1.69. The maximum absolute atomic E-state index is 9.41. The Bertz CT molecular complexity index is 321. The quantitative estimate of drug-likeness (QED) is 0.757. The molecule has 0 aliphatic rings. The van der Waals surface area contributed by atoms with Crippen molar-refractivity contribution < 1.29 is 9.84 Å². The zero-order chi connectivity index (χ0) is 9.84. The van der Waals surface area contributed by atoms with Gasteiger partial charge in [-0.2, -0.15) is 0 Å². The minimum Gasteiger partial charge on any atom is -0.503 e. The molecule has 0 fully saturated rings. The predicted molar refractivity (Wildman–Crippen MR) is 53.6 cm³/mol. The Morgan fingerprint density at radius 2 is 2.31 bits per heavy atom. The maximum atomic E-state index is 9.41. The molecule has 0 atom stereocenters. The number of ether oxygens (including phenoxy) is 1. The van der Waals surface area contributed by atoms with Crippen LogP contribution in [0.3, 0.4) is 0 Å². The van der Waals surface area contributed by atoms with Gasteiger partial charge in [0.2, 0.25) is 0 Å². The first-order valence-corrected chi connectivity index (χ1v) is 4.23. The number of benzene rings is 1. The second-order valence-corrected chi connectivity index (χ2v) is 3.03. The molecule has 0 heterocycles. The molecule has 0 aromatic heterocycles. The molecule has 0 unspecified atom stereocenters. The molecule has 0 aliphatic heterocycles. The molecule has 0 saturated carbocycles. The van der Waals surface area contributed by atoms with Crippen LogP contribution in [0.2, 0.25) is 5.02 Å². The standard InChI is InChI=1S/C10H11ClO2/c1-3-4-7-5-8(11)10(12)9(6-7)13-2/h3,5-6,12H,1,4H2,2H3. The van der Waals surface area contributed by atoms with Crippen LogP contribution in [-0.2, 0) is 6.42 Å². The summed E-state index contributed by atoms with van der Waals surface area (Å²) in [5.41, 5.74) is 0.967. The second kappa shape index (κ2) is 4.19. The normalized spacial score (nSPS) is 9.69. The molecule has 1 rings (SSSR count). The molecule has 3 heteroatoms. The molecule has 0 spiro atoms. The lowest BCUT2D eigenvalue weighted by Crippen LogP contribution is -1.88. The Kier molecular flexibility index (Phi) is 3.20. The highest BCUT2D eigenvalue weighted by atomic mass is 35.5. The summed E-state index contributed by atoms with van der Waals surface area (Å²) in [4.78, 5) is 0. The summed E-state index contributed by atoms with van der Waals surface area (Å²) >= 11 is 5.77. The van der Waals surface area contributed by atoms with Crippen molar-refractivity contribution in [1.82, 2.24) is 0 Å². The zero-order valence-corrected chi connectivity index (χ0v) is 8.14. The van der Waals surface area contributed by atoms with Gasteiger partial charge in [0.25, 0.3) is 0 Å². The Labute approximate surface area is 82.4 Å². The van der Waals surface area contributed by atoms with Gasteiger partial charge in [-0.05, 0) is 24.1 Å². The van der Waals surface area contributed by atoms with Crippen molar-refractivity contribution in [2.75, 3.05) is 7.11 Å². The van der Waals surface area contributed by atoms with E-state index < -0.39 is 0 Å². The van der Waals surface area contributed by atoms with Crippen LogP contribution in [0.25, 0.3) is 0 Å². The monoisotopic (exact) mass is 198 g/mol. The molecule has 0 aliphatic carbocycles. The average molecular weight is 199 g/mol. The van der Waals surface area contributed by atoms with Crippen LogP contribution in [0.15, 0.2) is 24.8 Å². The van der Waals surface area contributed by atoms with Gasteiger partial charge in [0, 0.05) is 0 Å². The minimum absolute atomic E-state index is 0.0167. The van der Waals surface area contributed by atoms with Crippen LogP contribution in [0.4, 0.5) is 0 Å². The minimum atomic E-state index is -0.0167. The van der Waals surface area contributed by atoms with Crippen molar-refractivity contribution in [1.29, 1.82) is 0 Å². The van der Waals surface area contributed by atoms with E-state index >= 15 is 0 Å². The summed E-state index contributed by atoms with van der Waals surface area (Å²) in [6.07, 6.45) is 2.47. The van der Waals surface area contributed by atoms with E-state index in [1.54, 1.807) is 18.2 Å². The first kappa shape index (κ1) is 9.93. The van der Waals surface area contributed by atoms with E-state index in [4.69, 9.17) is 16.3 Å². The first-order chi connectivity index (χ1) is 6.19. The molecule has 70 valence electrons. The Morgan fingerprint density at radius 3 is 2.85 bits per heavy atom. The maximum Gasteiger partial charge on any atom is 0.176 e. The number of allylic oxidation sites excluding steroid dienone is 1. The lowest BCUT2D eigenvalue weighted by atomic mass is 10.1. The predicted octanol–water partition coefficient (Wildman–Crippen LogP) is 2.78. The van der Waals surface area contributed by atoms with Gasteiger partial charge >= 0.3 is 0 Å². The smallest absolute Gasteiger partial charge is 0.176 e. The number of rotatable bonds is 3. The highest BCUT2D eigenvalue weighted by Crippen LogP contribution is 2.34. The van der Waals surface area contributed by atoms with Crippen molar-refractivity contribution in [3.8, 4) is 11.5 Å². The van der Waals surface area contributed by atoms with Crippen molar-refractivity contribution in [3.63, 3.8) is 0 Å². The van der Waals surface area contributed by atoms with Gasteiger partial charge in [-0.1, -0.05) is 17.7 Å². The second-order valence-electron chi connectivity index (χ2n) is 2.62. The molecule has 1 aromatic carbocycles. The van der Waals surface area contributed by atoms with E-state index in [0.717, 1.165) is 5.56 Å². The van der Waals surface area contributed by atoms with E-state index in [1.807, 2.05) is 0 Å². The molecule has 13 heavy (non-hydrogen) atoms. The highest BCUT2D eigenvalue weighted by molar-refractivity contribution is 6.32. The van der Waals surface area contributed by atoms with Crippen LogP contribution < -0.4 is 4.74 Å². The Hall–Kier alpha value is -1.15. The molecule has 0 bridgehead atoms. The third kappa shape index (κ3) is 2.16. The summed E-state index contributed by atoms with van der Waals surface area (Å²) in [5, 5.41) is 9.71. The van der Waals surface area contributed by atoms with E-state index in [-0.39, 0.29) is 5.75 Å². The van der Waals surface area contributed by atoms with Gasteiger partial charge in [-0.25, -0.2) is 0 Å². The molecular weight excluding hydrogens is 188 g/mol. The van der Waals surface area contributed by atoms with Crippen molar-refractivity contribution >= 4 is 11.6 Å². The topological polar surface area (TPSA) is 29.5 Å². The van der Waals surface area contributed by atoms with Crippen molar-refractivity contribution in [2.24, 2.45) is 0 Å². The Balaban J connectivity index is 3.13. The number of hydrogen-bond donors (Lipinski definition) is 1. The van der Waals surface area contributed by atoms with Crippen LogP contribution in [0.1, 0.15) is 5.56 Å². The molecule has 1 aromatic rings. The number of hydrogen-bond acceptors (Lipinski definition) is 2. The summed E-state index contributed by atoms with van der Waals surface area (Å²) in [6, 6.07) is 3.43. The largest absolute Gasteiger partial charge is 0.503 e. The molecule has 1 N–H and O–H groups in total. The van der Waals surface area contributed by atoms with Crippen LogP contribution in [0, 0.1) is 0 Å². The number of methoxy groups -OCH3 is 1. The average Bonchev–Trinajstić information content (AvgIpc) is 2.11. The van der Waals surface area contributed by atoms with Gasteiger partial charge in [0.1, 0.15) is 0 Å². The van der Waals surface area contributed by atoms with Crippen molar-refractivity contribution in [3.05, 3.63) is 35.4 Å². The van der Waals surface area contributed by atoms with E-state index in [9.17, 15) is 5.11 Å². The SMILES string of the molecule is C=CCc1cc(Cl)c(O)c(OC)c1. The zero-order valence-electron chi connectivity index (χ0n) is 7.38.